The Kier molecular flexibility index (Phi) is 6.18. The van der Waals surface area contributed by atoms with E-state index in [2.05, 4.69) is 57.5 Å². The predicted molar refractivity (Wildman–Crippen MR) is 135 cm³/mol. The van der Waals surface area contributed by atoms with E-state index < -0.39 is 0 Å². The highest BCUT2D eigenvalue weighted by Gasteiger charge is 2.16. The van der Waals surface area contributed by atoms with Crippen LogP contribution in [0.15, 0.2) is 93.9 Å². The lowest BCUT2D eigenvalue weighted by Crippen LogP contribution is -2.12. The Balaban J connectivity index is 1.23. The third-order valence-electron chi connectivity index (χ3n) is 5.42. The van der Waals surface area contributed by atoms with Gasteiger partial charge in [0.15, 0.2) is 11.6 Å². The molecule has 0 spiro atoms. The maximum Gasteiger partial charge on any atom is 0.292 e. The quantitative estimate of drug-likeness (QED) is 0.265. The number of nitrogens with one attached hydrogen (secondary N) is 1. The number of carbonyl (C=O) groups excluding carboxylic acids is 1. The monoisotopic (exact) mass is 515 g/mol. The normalized spacial score (nSPS) is 11.0. The molecule has 2 aromatic heterocycles. The van der Waals surface area contributed by atoms with Gasteiger partial charge < -0.3 is 14.5 Å². The van der Waals surface area contributed by atoms with Crippen LogP contribution in [0.3, 0.4) is 0 Å². The van der Waals surface area contributed by atoms with Crippen LogP contribution in [0.25, 0.3) is 10.8 Å². The molecule has 3 aromatic carbocycles. The number of carbonyl (C=O) groups is 1. The topological polar surface area (TPSA) is 69.3 Å². The summed E-state index contributed by atoms with van der Waals surface area (Å²) in [5.41, 5.74) is 2.33. The van der Waals surface area contributed by atoms with Crippen LogP contribution < -0.4 is 10.1 Å². The van der Waals surface area contributed by atoms with E-state index >= 15 is 0 Å². The van der Waals surface area contributed by atoms with Gasteiger partial charge in [-0.15, -0.1) is 0 Å². The standard InChI is InChI=1S/C27H22BrN3O3/c1-18-9-11-19(12-10-18)15-31-16-23(28)26(30-31)29-27(32)25-14-13-21(34-25)17-33-24-8-4-6-20-5-2-3-7-22(20)24/h2-14,16H,15,17H2,1H3,(H,29,30,32). The molecule has 2 heterocycles. The van der Waals surface area contributed by atoms with E-state index in [9.17, 15) is 4.79 Å². The molecule has 0 unspecified atom stereocenters. The molecular weight excluding hydrogens is 494 g/mol. The average Bonchev–Trinajstić information content (AvgIpc) is 3.46. The molecule has 5 aromatic rings. The Bertz CT molecular complexity index is 1450. The summed E-state index contributed by atoms with van der Waals surface area (Å²) in [6, 6.07) is 25.6. The van der Waals surface area contributed by atoms with Crippen molar-refractivity contribution >= 4 is 38.4 Å². The van der Waals surface area contributed by atoms with Crippen LogP contribution in [0, 0.1) is 6.92 Å². The zero-order chi connectivity index (χ0) is 23.5. The smallest absolute Gasteiger partial charge is 0.292 e. The highest BCUT2D eigenvalue weighted by atomic mass is 79.9. The molecule has 0 atom stereocenters. The molecule has 170 valence electrons. The van der Waals surface area contributed by atoms with Gasteiger partial charge in [0.1, 0.15) is 18.1 Å². The Hall–Kier alpha value is -3.84. The third kappa shape index (κ3) is 4.89. The minimum absolute atomic E-state index is 0.191. The molecule has 0 bridgehead atoms. The van der Waals surface area contributed by atoms with Crippen molar-refractivity contribution in [2.45, 2.75) is 20.1 Å². The summed E-state index contributed by atoms with van der Waals surface area (Å²) in [6.07, 6.45) is 1.83. The van der Waals surface area contributed by atoms with Gasteiger partial charge in [0.05, 0.1) is 11.0 Å². The molecule has 7 heteroatoms. The molecule has 0 aliphatic heterocycles. The number of anilines is 1. The molecule has 6 nitrogen and oxygen atoms in total. The van der Waals surface area contributed by atoms with Gasteiger partial charge >= 0.3 is 0 Å². The Morgan fingerprint density at radius 2 is 1.82 bits per heavy atom. The van der Waals surface area contributed by atoms with E-state index in [4.69, 9.17) is 9.15 Å². The molecule has 5 rings (SSSR count). The van der Waals surface area contributed by atoms with Crippen molar-refractivity contribution in [1.29, 1.82) is 0 Å². The molecule has 1 N–H and O–H groups in total. The van der Waals surface area contributed by atoms with E-state index in [0.717, 1.165) is 22.1 Å². The molecule has 1 amide bonds. The second-order valence-corrected chi connectivity index (χ2v) is 8.85. The lowest BCUT2D eigenvalue weighted by molar-refractivity contribution is 0.0992. The highest BCUT2D eigenvalue weighted by Crippen LogP contribution is 2.26. The van der Waals surface area contributed by atoms with Crippen LogP contribution in [0.4, 0.5) is 5.82 Å². The lowest BCUT2D eigenvalue weighted by atomic mass is 10.1. The minimum atomic E-state index is -0.377. The third-order valence-corrected chi connectivity index (χ3v) is 6.00. The number of furan rings is 1. The highest BCUT2D eigenvalue weighted by molar-refractivity contribution is 9.10. The molecule has 0 saturated heterocycles. The van der Waals surface area contributed by atoms with Gasteiger partial charge in [-0.25, -0.2) is 0 Å². The number of rotatable bonds is 7. The zero-order valence-corrected chi connectivity index (χ0v) is 20.1. The summed E-state index contributed by atoms with van der Waals surface area (Å²) in [6.45, 7) is 2.87. The summed E-state index contributed by atoms with van der Waals surface area (Å²) >= 11 is 3.47. The number of nitrogens with zero attached hydrogens (tertiary/aromatic N) is 2. The summed E-state index contributed by atoms with van der Waals surface area (Å²) in [5.74, 6) is 1.57. The van der Waals surface area contributed by atoms with E-state index in [1.54, 1.807) is 16.8 Å². The SMILES string of the molecule is Cc1ccc(Cn2cc(Br)c(NC(=O)c3ccc(COc4cccc5ccccc45)o3)n2)cc1. The summed E-state index contributed by atoms with van der Waals surface area (Å²) in [4.78, 5) is 12.7. The molecular formula is C27H22BrN3O3. The second-order valence-electron chi connectivity index (χ2n) is 7.99. The first kappa shape index (κ1) is 22.0. The summed E-state index contributed by atoms with van der Waals surface area (Å²) in [7, 11) is 0. The number of hydrogen-bond acceptors (Lipinski definition) is 4. The number of ether oxygens (including phenoxy) is 1. The van der Waals surface area contributed by atoms with Gasteiger partial charge in [-0.2, -0.15) is 5.10 Å². The molecule has 0 fully saturated rings. The number of halogens is 1. The van der Waals surface area contributed by atoms with Crippen LogP contribution in [0.1, 0.15) is 27.4 Å². The minimum Gasteiger partial charge on any atom is -0.485 e. The van der Waals surface area contributed by atoms with E-state index in [1.165, 1.54) is 5.56 Å². The van der Waals surface area contributed by atoms with Gasteiger partial charge in [-0.05, 0) is 52.0 Å². The second kappa shape index (κ2) is 9.57. The maximum atomic E-state index is 12.7. The van der Waals surface area contributed by atoms with Crippen molar-refractivity contribution in [3.05, 3.63) is 112 Å². The predicted octanol–water partition coefficient (Wildman–Crippen LogP) is 6.58. The first-order valence-electron chi connectivity index (χ1n) is 10.8. The number of benzene rings is 3. The summed E-state index contributed by atoms with van der Waals surface area (Å²) in [5, 5.41) is 9.41. The van der Waals surface area contributed by atoms with Crippen molar-refractivity contribution in [2.75, 3.05) is 5.32 Å². The number of aromatic nitrogens is 2. The largest absolute Gasteiger partial charge is 0.485 e. The van der Waals surface area contributed by atoms with E-state index in [-0.39, 0.29) is 18.3 Å². The molecule has 0 aliphatic carbocycles. The van der Waals surface area contributed by atoms with Gasteiger partial charge in [-0.1, -0.05) is 66.2 Å². The van der Waals surface area contributed by atoms with E-state index in [0.29, 0.717) is 22.6 Å². The van der Waals surface area contributed by atoms with Gasteiger partial charge in [0.25, 0.3) is 5.91 Å². The number of aryl methyl sites for hydroxylation is 1. The fourth-order valence-electron chi connectivity index (χ4n) is 3.66. The van der Waals surface area contributed by atoms with Crippen molar-refractivity contribution in [2.24, 2.45) is 0 Å². The van der Waals surface area contributed by atoms with E-state index in [1.807, 2.05) is 48.7 Å². The van der Waals surface area contributed by atoms with Crippen LogP contribution in [-0.2, 0) is 13.2 Å². The molecule has 0 radical (unpaired) electrons. The lowest BCUT2D eigenvalue weighted by Gasteiger charge is -2.08. The Morgan fingerprint density at radius 3 is 2.68 bits per heavy atom. The van der Waals surface area contributed by atoms with Crippen molar-refractivity contribution in [1.82, 2.24) is 9.78 Å². The number of hydrogen-bond donors (Lipinski definition) is 1. The molecule has 0 aliphatic rings. The fraction of sp³-hybridized carbons (Fsp3) is 0.111. The molecule has 0 saturated carbocycles. The fourth-order valence-corrected chi connectivity index (χ4v) is 4.08. The maximum absolute atomic E-state index is 12.7. The van der Waals surface area contributed by atoms with Crippen LogP contribution >= 0.6 is 15.9 Å². The van der Waals surface area contributed by atoms with Crippen molar-refractivity contribution in [3.63, 3.8) is 0 Å². The van der Waals surface area contributed by atoms with Gasteiger partial charge in [0, 0.05) is 11.6 Å². The first-order chi connectivity index (χ1) is 16.5. The average molecular weight is 516 g/mol. The Morgan fingerprint density at radius 1 is 1.03 bits per heavy atom. The van der Waals surface area contributed by atoms with Crippen molar-refractivity contribution < 1.29 is 13.9 Å². The summed E-state index contributed by atoms with van der Waals surface area (Å²) < 4.78 is 14.1. The number of fused-ring (bicyclic) bond motifs is 1. The van der Waals surface area contributed by atoms with Gasteiger partial charge in [-0.3, -0.25) is 9.48 Å². The number of amides is 1. The zero-order valence-electron chi connectivity index (χ0n) is 18.5. The van der Waals surface area contributed by atoms with Crippen LogP contribution in [-0.4, -0.2) is 15.7 Å². The molecule has 34 heavy (non-hydrogen) atoms. The van der Waals surface area contributed by atoms with Crippen molar-refractivity contribution in [3.8, 4) is 5.75 Å². The van der Waals surface area contributed by atoms with Gasteiger partial charge in [0.2, 0.25) is 0 Å². The first-order valence-corrected chi connectivity index (χ1v) is 11.6. The van der Waals surface area contributed by atoms with Crippen LogP contribution in [0.5, 0.6) is 5.75 Å². The Labute approximate surface area is 205 Å². The van der Waals surface area contributed by atoms with Crippen LogP contribution in [0.2, 0.25) is 0 Å².